The number of nitrogens with zero attached hydrogens (tertiary/aromatic N) is 2. The minimum atomic E-state index is -0.505. The number of anilines is 1. The van der Waals surface area contributed by atoms with Crippen molar-refractivity contribution in [2.45, 2.75) is 20.0 Å². The van der Waals surface area contributed by atoms with Crippen LogP contribution in [-0.4, -0.2) is 22.0 Å². The van der Waals surface area contributed by atoms with Crippen molar-refractivity contribution < 1.29 is 9.53 Å². The molecule has 0 saturated heterocycles. The summed E-state index contributed by atoms with van der Waals surface area (Å²) in [7, 11) is 0. The van der Waals surface area contributed by atoms with E-state index < -0.39 is 5.97 Å². The molecule has 0 spiro atoms. The van der Waals surface area contributed by atoms with Crippen molar-refractivity contribution in [3.63, 3.8) is 0 Å². The summed E-state index contributed by atoms with van der Waals surface area (Å²) >= 11 is 0. The number of nitrogens with two attached hydrogens (primary N) is 1. The Bertz CT molecular complexity index is 312. The molecule has 70 valence electrons. The van der Waals surface area contributed by atoms with Crippen LogP contribution in [0.15, 0.2) is 12.4 Å². The van der Waals surface area contributed by atoms with Gasteiger partial charge in [-0.05, 0) is 13.8 Å². The molecular formula is C8H11N3O2. The molecule has 1 aromatic rings. The number of carbonyl (C=O) groups excluding carboxylic acids is 1. The highest BCUT2D eigenvalue weighted by atomic mass is 16.5. The summed E-state index contributed by atoms with van der Waals surface area (Å²) < 4.78 is 4.89. The lowest BCUT2D eigenvalue weighted by atomic mass is 10.4. The quantitative estimate of drug-likeness (QED) is 0.677. The Hall–Kier alpha value is -1.65. The maximum absolute atomic E-state index is 11.2. The van der Waals surface area contributed by atoms with Crippen molar-refractivity contribution in [2.75, 3.05) is 5.73 Å². The van der Waals surface area contributed by atoms with E-state index in [1.807, 2.05) is 0 Å². The molecule has 5 heteroatoms. The van der Waals surface area contributed by atoms with Crippen LogP contribution in [0.5, 0.6) is 0 Å². The molecule has 5 nitrogen and oxygen atoms in total. The molecule has 0 aliphatic carbocycles. The average molecular weight is 181 g/mol. The summed E-state index contributed by atoms with van der Waals surface area (Å²) in [4.78, 5) is 18.7. The fourth-order valence-electron chi connectivity index (χ4n) is 0.754. The van der Waals surface area contributed by atoms with Gasteiger partial charge in [0.2, 0.25) is 0 Å². The third-order valence-corrected chi connectivity index (χ3v) is 1.21. The van der Waals surface area contributed by atoms with E-state index in [1.165, 1.54) is 12.4 Å². The summed E-state index contributed by atoms with van der Waals surface area (Å²) in [6, 6.07) is 0. The summed E-state index contributed by atoms with van der Waals surface area (Å²) in [6.45, 7) is 3.52. The molecule has 1 aromatic heterocycles. The van der Waals surface area contributed by atoms with Crippen LogP contribution in [0.4, 0.5) is 5.82 Å². The number of hydrogen-bond donors (Lipinski definition) is 1. The maximum atomic E-state index is 11.2. The van der Waals surface area contributed by atoms with Gasteiger partial charge in [-0.1, -0.05) is 0 Å². The van der Waals surface area contributed by atoms with E-state index in [1.54, 1.807) is 13.8 Å². The van der Waals surface area contributed by atoms with Crippen LogP contribution in [0.25, 0.3) is 0 Å². The van der Waals surface area contributed by atoms with Gasteiger partial charge < -0.3 is 10.5 Å². The molecule has 0 aliphatic heterocycles. The topological polar surface area (TPSA) is 78.1 Å². The average Bonchev–Trinajstić information content (AvgIpc) is 2.03. The Balaban J connectivity index is 2.77. The number of rotatable bonds is 2. The molecule has 0 unspecified atom stereocenters. The maximum Gasteiger partial charge on any atom is 0.358 e. The summed E-state index contributed by atoms with van der Waals surface area (Å²) in [5, 5.41) is 0. The Morgan fingerprint density at radius 3 is 2.77 bits per heavy atom. The van der Waals surface area contributed by atoms with E-state index in [2.05, 4.69) is 9.97 Å². The van der Waals surface area contributed by atoms with Crippen molar-refractivity contribution in [3.8, 4) is 0 Å². The van der Waals surface area contributed by atoms with Gasteiger partial charge in [0.15, 0.2) is 5.69 Å². The van der Waals surface area contributed by atoms with Gasteiger partial charge in [-0.2, -0.15) is 0 Å². The summed E-state index contributed by atoms with van der Waals surface area (Å²) in [5.74, 6) is -0.298. The second-order valence-corrected chi connectivity index (χ2v) is 2.78. The van der Waals surface area contributed by atoms with Gasteiger partial charge in [0.25, 0.3) is 0 Å². The first-order valence-corrected chi connectivity index (χ1v) is 3.88. The first-order chi connectivity index (χ1) is 6.09. The van der Waals surface area contributed by atoms with Gasteiger partial charge in [0, 0.05) is 0 Å². The fraction of sp³-hybridized carbons (Fsp3) is 0.375. The molecule has 0 bridgehead atoms. The molecule has 0 aliphatic rings. The van der Waals surface area contributed by atoms with Crippen LogP contribution >= 0.6 is 0 Å². The molecule has 1 rings (SSSR count). The monoisotopic (exact) mass is 181 g/mol. The number of esters is 1. The third-order valence-electron chi connectivity index (χ3n) is 1.21. The van der Waals surface area contributed by atoms with Gasteiger partial charge in [0.1, 0.15) is 5.82 Å². The lowest BCUT2D eigenvalue weighted by Crippen LogP contribution is -2.13. The highest BCUT2D eigenvalue weighted by Crippen LogP contribution is 2.01. The molecule has 0 atom stereocenters. The van der Waals surface area contributed by atoms with Crippen molar-refractivity contribution in [3.05, 3.63) is 18.1 Å². The molecular weight excluding hydrogens is 170 g/mol. The molecule has 0 amide bonds. The fourth-order valence-corrected chi connectivity index (χ4v) is 0.754. The first-order valence-electron chi connectivity index (χ1n) is 3.88. The number of hydrogen-bond acceptors (Lipinski definition) is 5. The van der Waals surface area contributed by atoms with Crippen molar-refractivity contribution in [2.24, 2.45) is 0 Å². The molecule has 1 heterocycles. The van der Waals surface area contributed by atoms with Gasteiger partial charge in [-0.15, -0.1) is 0 Å². The number of ether oxygens (including phenoxy) is 1. The number of aromatic nitrogens is 2. The lowest BCUT2D eigenvalue weighted by molar-refractivity contribution is 0.0370. The number of nitrogen functional groups attached to an aromatic ring is 1. The highest BCUT2D eigenvalue weighted by Gasteiger charge is 2.10. The molecule has 0 saturated carbocycles. The Morgan fingerprint density at radius 2 is 2.23 bits per heavy atom. The zero-order valence-corrected chi connectivity index (χ0v) is 7.52. The predicted molar refractivity (Wildman–Crippen MR) is 47.0 cm³/mol. The minimum Gasteiger partial charge on any atom is -0.458 e. The lowest BCUT2D eigenvalue weighted by Gasteiger charge is -2.06. The third kappa shape index (κ3) is 2.70. The Kier molecular flexibility index (Phi) is 2.79. The van der Waals surface area contributed by atoms with Crippen LogP contribution in [0.3, 0.4) is 0 Å². The van der Waals surface area contributed by atoms with E-state index in [4.69, 9.17) is 10.5 Å². The SMILES string of the molecule is CC(C)OC(=O)c1cncc(N)n1. The minimum absolute atomic E-state index is 0.133. The molecule has 0 fully saturated rings. The van der Waals surface area contributed by atoms with E-state index >= 15 is 0 Å². The van der Waals surface area contributed by atoms with E-state index in [9.17, 15) is 4.79 Å². The van der Waals surface area contributed by atoms with Gasteiger partial charge in [0.05, 0.1) is 18.5 Å². The summed E-state index contributed by atoms with van der Waals surface area (Å²) in [5.41, 5.74) is 5.48. The predicted octanol–water partition coefficient (Wildman–Crippen LogP) is 0.624. The van der Waals surface area contributed by atoms with Crippen LogP contribution in [-0.2, 0) is 4.74 Å². The Labute approximate surface area is 75.9 Å². The van der Waals surface area contributed by atoms with Gasteiger partial charge >= 0.3 is 5.97 Å². The second kappa shape index (κ2) is 3.84. The van der Waals surface area contributed by atoms with E-state index in [-0.39, 0.29) is 17.6 Å². The molecule has 0 radical (unpaired) electrons. The standard InChI is InChI=1S/C8H11N3O2/c1-5(2)13-8(12)6-3-10-4-7(9)11-6/h3-5H,1-2H3,(H2,9,11). The zero-order valence-electron chi connectivity index (χ0n) is 7.52. The molecule has 13 heavy (non-hydrogen) atoms. The number of carbonyl (C=O) groups is 1. The van der Waals surface area contributed by atoms with Crippen LogP contribution in [0.2, 0.25) is 0 Å². The van der Waals surface area contributed by atoms with E-state index in [0.717, 1.165) is 0 Å². The van der Waals surface area contributed by atoms with Gasteiger partial charge in [-0.3, -0.25) is 4.98 Å². The van der Waals surface area contributed by atoms with Crippen LogP contribution in [0, 0.1) is 0 Å². The molecule has 2 N–H and O–H groups in total. The van der Waals surface area contributed by atoms with Crippen molar-refractivity contribution >= 4 is 11.8 Å². The highest BCUT2D eigenvalue weighted by molar-refractivity contribution is 5.87. The van der Waals surface area contributed by atoms with Crippen molar-refractivity contribution in [1.29, 1.82) is 0 Å². The second-order valence-electron chi connectivity index (χ2n) is 2.78. The van der Waals surface area contributed by atoms with Crippen LogP contribution < -0.4 is 5.73 Å². The van der Waals surface area contributed by atoms with Crippen LogP contribution in [0.1, 0.15) is 24.3 Å². The Morgan fingerprint density at radius 1 is 1.54 bits per heavy atom. The van der Waals surface area contributed by atoms with Gasteiger partial charge in [-0.25, -0.2) is 9.78 Å². The summed E-state index contributed by atoms with van der Waals surface area (Å²) in [6.07, 6.45) is 2.52. The molecule has 0 aromatic carbocycles. The first kappa shape index (κ1) is 9.44. The zero-order chi connectivity index (χ0) is 9.84. The normalized spacial score (nSPS) is 10.1. The largest absolute Gasteiger partial charge is 0.458 e. The smallest absolute Gasteiger partial charge is 0.358 e. The van der Waals surface area contributed by atoms with Crippen molar-refractivity contribution in [1.82, 2.24) is 9.97 Å². The van der Waals surface area contributed by atoms with E-state index in [0.29, 0.717) is 0 Å².